The summed E-state index contributed by atoms with van der Waals surface area (Å²) in [4.78, 5) is 16.6. The molecule has 0 aliphatic carbocycles. The van der Waals surface area contributed by atoms with Gasteiger partial charge in [0.15, 0.2) is 0 Å². The number of carbonyl (C=O) groups is 1. The van der Waals surface area contributed by atoms with E-state index in [1.54, 1.807) is 6.20 Å². The number of nitrogens with one attached hydrogen (secondary N) is 1. The minimum atomic E-state index is -0.0382. The van der Waals surface area contributed by atoms with Crippen LogP contribution in [0.1, 0.15) is 20.9 Å². The molecule has 0 aliphatic heterocycles. The van der Waals surface area contributed by atoms with Crippen LogP contribution < -0.4 is 5.32 Å². The summed E-state index contributed by atoms with van der Waals surface area (Å²) in [5, 5.41) is 4.81. The van der Waals surface area contributed by atoms with E-state index < -0.39 is 0 Å². The SMILES string of the molecule is Cc1csc(C(=O)NCc2ccccn2)c1. The summed E-state index contributed by atoms with van der Waals surface area (Å²) in [5.74, 6) is -0.0382. The summed E-state index contributed by atoms with van der Waals surface area (Å²) in [7, 11) is 0. The van der Waals surface area contributed by atoms with Gasteiger partial charge in [-0.25, -0.2) is 0 Å². The van der Waals surface area contributed by atoms with Gasteiger partial charge in [-0.1, -0.05) is 6.07 Å². The van der Waals surface area contributed by atoms with Gasteiger partial charge in [-0.15, -0.1) is 11.3 Å². The van der Waals surface area contributed by atoms with Crippen LogP contribution in [0.5, 0.6) is 0 Å². The van der Waals surface area contributed by atoms with E-state index in [4.69, 9.17) is 0 Å². The van der Waals surface area contributed by atoms with Crippen molar-refractivity contribution < 1.29 is 4.79 Å². The molecule has 0 aliphatic rings. The van der Waals surface area contributed by atoms with Gasteiger partial charge in [0.2, 0.25) is 0 Å². The predicted octanol–water partition coefficient (Wildman–Crippen LogP) is 2.38. The number of rotatable bonds is 3. The molecule has 1 N–H and O–H groups in total. The molecule has 0 saturated heterocycles. The topological polar surface area (TPSA) is 42.0 Å². The number of aromatic nitrogens is 1. The molecule has 2 heterocycles. The minimum Gasteiger partial charge on any atom is -0.346 e. The van der Waals surface area contributed by atoms with E-state index in [2.05, 4.69) is 10.3 Å². The first kappa shape index (κ1) is 10.8. The largest absolute Gasteiger partial charge is 0.346 e. The molecular weight excluding hydrogens is 220 g/mol. The van der Waals surface area contributed by atoms with E-state index in [-0.39, 0.29) is 5.91 Å². The van der Waals surface area contributed by atoms with Gasteiger partial charge in [-0.3, -0.25) is 9.78 Å². The Labute approximate surface area is 98.2 Å². The minimum absolute atomic E-state index is 0.0382. The van der Waals surface area contributed by atoms with Crippen LogP contribution >= 0.6 is 11.3 Å². The molecule has 2 aromatic rings. The molecular formula is C12H12N2OS. The molecule has 0 unspecified atom stereocenters. The van der Waals surface area contributed by atoms with E-state index in [9.17, 15) is 4.79 Å². The number of thiophene rings is 1. The smallest absolute Gasteiger partial charge is 0.261 e. The van der Waals surface area contributed by atoms with Crippen molar-refractivity contribution in [1.82, 2.24) is 10.3 Å². The molecule has 0 radical (unpaired) electrons. The highest BCUT2D eigenvalue weighted by molar-refractivity contribution is 7.12. The normalized spacial score (nSPS) is 10.1. The highest BCUT2D eigenvalue weighted by Crippen LogP contribution is 2.13. The van der Waals surface area contributed by atoms with Crippen molar-refractivity contribution in [1.29, 1.82) is 0 Å². The quantitative estimate of drug-likeness (QED) is 0.882. The number of aryl methyl sites for hydroxylation is 1. The summed E-state index contributed by atoms with van der Waals surface area (Å²) in [6.07, 6.45) is 1.72. The third kappa shape index (κ3) is 2.67. The van der Waals surface area contributed by atoms with E-state index >= 15 is 0 Å². The zero-order valence-electron chi connectivity index (χ0n) is 8.93. The monoisotopic (exact) mass is 232 g/mol. The average Bonchev–Trinajstić information content (AvgIpc) is 2.74. The van der Waals surface area contributed by atoms with Crippen LogP contribution in [-0.2, 0) is 6.54 Å². The Hall–Kier alpha value is -1.68. The van der Waals surface area contributed by atoms with Gasteiger partial charge >= 0.3 is 0 Å². The van der Waals surface area contributed by atoms with Crippen molar-refractivity contribution >= 4 is 17.2 Å². The first-order valence-electron chi connectivity index (χ1n) is 4.99. The Kier molecular flexibility index (Phi) is 3.31. The molecule has 82 valence electrons. The van der Waals surface area contributed by atoms with Crippen LogP contribution in [-0.4, -0.2) is 10.9 Å². The van der Waals surface area contributed by atoms with Crippen LogP contribution in [0.3, 0.4) is 0 Å². The Morgan fingerprint density at radius 1 is 1.50 bits per heavy atom. The molecule has 2 aromatic heterocycles. The van der Waals surface area contributed by atoms with Crippen LogP contribution in [0.15, 0.2) is 35.8 Å². The molecule has 0 atom stereocenters. The molecule has 0 bridgehead atoms. The van der Waals surface area contributed by atoms with Gasteiger partial charge in [0.25, 0.3) is 5.91 Å². The van der Waals surface area contributed by atoms with Gasteiger partial charge in [-0.05, 0) is 36.1 Å². The van der Waals surface area contributed by atoms with Gasteiger partial charge in [0, 0.05) is 6.20 Å². The fraction of sp³-hybridized carbons (Fsp3) is 0.167. The summed E-state index contributed by atoms with van der Waals surface area (Å²) in [6.45, 7) is 2.45. The van der Waals surface area contributed by atoms with Crippen molar-refractivity contribution in [2.45, 2.75) is 13.5 Å². The number of hydrogen-bond acceptors (Lipinski definition) is 3. The molecule has 0 fully saturated rings. The zero-order chi connectivity index (χ0) is 11.4. The number of pyridine rings is 1. The zero-order valence-corrected chi connectivity index (χ0v) is 9.75. The number of hydrogen-bond donors (Lipinski definition) is 1. The maximum atomic E-state index is 11.7. The highest BCUT2D eigenvalue weighted by Gasteiger charge is 2.07. The average molecular weight is 232 g/mol. The maximum absolute atomic E-state index is 11.7. The lowest BCUT2D eigenvalue weighted by molar-refractivity contribution is 0.0954. The summed E-state index contributed by atoms with van der Waals surface area (Å²) in [6, 6.07) is 7.54. The van der Waals surface area contributed by atoms with Crippen molar-refractivity contribution in [2.75, 3.05) is 0 Å². The molecule has 0 aromatic carbocycles. The lowest BCUT2D eigenvalue weighted by atomic mass is 10.3. The molecule has 1 amide bonds. The fourth-order valence-corrected chi connectivity index (χ4v) is 2.13. The van der Waals surface area contributed by atoms with E-state index in [0.29, 0.717) is 6.54 Å². The van der Waals surface area contributed by atoms with Crippen LogP contribution in [0.4, 0.5) is 0 Å². The number of nitrogens with zero attached hydrogens (tertiary/aromatic N) is 1. The fourth-order valence-electron chi connectivity index (χ4n) is 1.31. The number of carbonyl (C=O) groups excluding carboxylic acids is 1. The molecule has 0 saturated carbocycles. The van der Waals surface area contributed by atoms with E-state index in [1.807, 2.05) is 36.6 Å². The van der Waals surface area contributed by atoms with Crippen molar-refractivity contribution in [3.8, 4) is 0 Å². The van der Waals surface area contributed by atoms with Crippen LogP contribution in [0.25, 0.3) is 0 Å². The second-order valence-corrected chi connectivity index (χ2v) is 4.40. The van der Waals surface area contributed by atoms with Crippen molar-refractivity contribution in [3.05, 3.63) is 52.0 Å². The molecule has 0 spiro atoms. The van der Waals surface area contributed by atoms with Gasteiger partial charge in [0.05, 0.1) is 17.1 Å². The lowest BCUT2D eigenvalue weighted by Crippen LogP contribution is -2.22. The predicted molar refractivity (Wildman–Crippen MR) is 64.5 cm³/mol. The Morgan fingerprint density at radius 3 is 3.00 bits per heavy atom. The molecule has 4 heteroatoms. The number of amides is 1. The Morgan fingerprint density at radius 2 is 2.38 bits per heavy atom. The third-order valence-electron chi connectivity index (χ3n) is 2.11. The second-order valence-electron chi connectivity index (χ2n) is 3.49. The maximum Gasteiger partial charge on any atom is 0.261 e. The first-order valence-corrected chi connectivity index (χ1v) is 5.87. The van der Waals surface area contributed by atoms with E-state index in [1.165, 1.54) is 11.3 Å². The second kappa shape index (κ2) is 4.90. The Bertz CT molecular complexity index is 479. The lowest BCUT2D eigenvalue weighted by Gasteiger charge is -2.02. The summed E-state index contributed by atoms with van der Waals surface area (Å²) >= 11 is 1.46. The summed E-state index contributed by atoms with van der Waals surface area (Å²) < 4.78 is 0. The first-order chi connectivity index (χ1) is 7.75. The highest BCUT2D eigenvalue weighted by atomic mass is 32.1. The molecule has 16 heavy (non-hydrogen) atoms. The Balaban J connectivity index is 1.94. The van der Waals surface area contributed by atoms with Gasteiger partial charge in [0.1, 0.15) is 0 Å². The molecule has 3 nitrogen and oxygen atoms in total. The van der Waals surface area contributed by atoms with Crippen molar-refractivity contribution in [3.63, 3.8) is 0 Å². The van der Waals surface area contributed by atoms with Crippen molar-refractivity contribution in [2.24, 2.45) is 0 Å². The van der Waals surface area contributed by atoms with Crippen LogP contribution in [0, 0.1) is 6.92 Å². The van der Waals surface area contributed by atoms with E-state index in [0.717, 1.165) is 16.1 Å². The standard InChI is InChI=1S/C12H12N2OS/c1-9-6-11(16-8-9)12(15)14-7-10-4-2-3-5-13-10/h2-6,8H,7H2,1H3,(H,14,15). The molecule has 2 rings (SSSR count). The third-order valence-corrected chi connectivity index (χ3v) is 3.16. The van der Waals surface area contributed by atoms with Gasteiger partial charge < -0.3 is 5.32 Å². The van der Waals surface area contributed by atoms with Gasteiger partial charge in [-0.2, -0.15) is 0 Å². The van der Waals surface area contributed by atoms with Crippen LogP contribution in [0.2, 0.25) is 0 Å². The summed E-state index contributed by atoms with van der Waals surface area (Å²) in [5.41, 5.74) is 1.98.